The van der Waals surface area contributed by atoms with E-state index in [1.165, 1.54) is 16.7 Å². The second-order valence-corrected chi connectivity index (χ2v) is 7.60. The van der Waals surface area contributed by atoms with E-state index in [1.807, 2.05) is 0 Å². The topological polar surface area (TPSA) is 81.3 Å². The molecule has 0 radical (unpaired) electrons. The number of aromatic nitrogens is 1. The molecule has 0 spiro atoms. The molecule has 2 aromatic carbocycles. The van der Waals surface area contributed by atoms with Gasteiger partial charge in [-0.1, -0.05) is 23.7 Å². The zero-order valence-corrected chi connectivity index (χ0v) is 14.6. The molecule has 1 N–H and O–H groups in total. The summed E-state index contributed by atoms with van der Waals surface area (Å²) in [6.07, 6.45) is 0. The molecule has 0 bridgehead atoms. The monoisotopic (exact) mass is 366 g/mol. The van der Waals surface area contributed by atoms with Gasteiger partial charge in [0.15, 0.2) is 5.58 Å². The number of hydrogen-bond acceptors (Lipinski definition) is 4. The summed E-state index contributed by atoms with van der Waals surface area (Å²) in [5, 5.41) is 0.533. The van der Waals surface area contributed by atoms with Gasteiger partial charge in [0.2, 0.25) is 10.0 Å². The second kappa shape index (κ2) is 6.08. The maximum absolute atomic E-state index is 12.6. The predicted molar refractivity (Wildman–Crippen MR) is 91.6 cm³/mol. The van der Waals surface area contributed by atoms with Gasteiger partial charge >= 0.3 is 5.76 Å². The quantitative estimate of drug-likeness (QED) is 0.769. The zero-order valence-electron chi connectivity index (χ0n) is 13.0. The standard InChI is InChI=1S/C16H15ClN2O4S/c1-10(11-4-3-5-12(17)8-11)18-24(21,22)13-6-7-14-15(9-13)23-16(20)19(14)2/h3-10,18H,1-2H3. The van der Waals surface area contributed by atoms with Crippen LogP contribution in [-0.4, -0.2) is 13.0 Å². The van der Waals surface area contributed by atoms with Gasteiger partial charge in [-0.15, -0.1) is 0 Å². The summed E-state index contributed by atoms with van der Waals surface area (Å²) in [5.41, 5.74) is 1.50. The lowest BCUT2D eigenvalue weighted by Crippen LogP contribution is -2.26. The van der Waals surface area contributed by atoms with Crippen LogP contribution in [0.15, 0.2) is 56.6 Å². The van der Waals surface area contributed by atoms with E-state index < -0.39 is 21.8 Å². The number of hydrogen-bond donors (Lipinski definition) is 1. The van der Waals surface area contributed by atoms with Gasteiger partial charge in [0.1, 0.15) is 0 Å². The fourth-order valence-electron chi connectivity index (χ4n) is 2.43. The molecule has 3 aromatic rings. The summed E-state index contributed by atoms with van der Waals surface area (Å²) in [6.45, 7) is 1.73. The molecule has 3 rings (SSSR count). The number of sulfonamides is 1. The first kappa shape index (κ1) is 16.8. The van der Waals surface area contributed by atoms with Crippen molar-refractivity contribution >= 4 is 32.7 Å². The molecule has 1 atom stereocenters. The van der Waals surface area contributed by atoms with Gasteiger partial charge in [0, 0.05) is 24.2 Å². The highest BCUT2D eigenvalue weighted by atomic mass is 35.5. The average Bonchev–Trinajstić information content (AvgIpc) is 2.81. The minimum atomic E-state index is -3.78. The van der Waals surface area contributed by atoms with Gasteiger partial charge < -0.3 is 4.42 Å². The largest absolute Gasteiger partial charge is 0.419 e. The van der Waals surface area contributed by atoms with E-state index in [0.717, 1.165) is 5.56 Å². The van der Waals surface area contributed by atoms with E-state index in [4.69, 9.17) is 16.0 Å². The van der Waals surface area contributed by atoms with Gasteiger partial charge in [-0.3, -0.25) is 4.57 Å². The maximum Gasteiger partial charge on any atom is 0.419 e. The van der Waals surface area contributed by atoms with Crippen LogP contribution in [-0.2, 0) is 17.1 Å². The Morgan fingerprint density at radius 2 is 1.96 bits per heavy atom. The van der Waals surface area contributed by atoms with Crippen LogP contribution < -0.4 is 10.5 Å². The van der Waals surface area contributed by atoms with Gasteiger partial charge in [-0.2, -0.15) is 0 Å². The average molecular weight is 367 g/mol. The van der Waals surface area contributed by atoms with E-state index in [2.05, 4.69) is 4.72 Å². The van der Waals surface area contributed by atoms with E-state index in [9.17, 15) is 13.2 Å². The number of nitrogens with zero attached hydrogens (tertiary/aromatic N) is 1. The number of fused-ring (bicyclic) bond motifs is 1. The Balaban J connectivity index is 1.94. The van der Waals surface area contributed by atoms with E-state index in [-0.39, 0.29) is 10.5 Å². The lowest BCUT2D eigenvalue weighted by Gasteiger charge is -2.15. The molecule has 0 saturated carbocycles. The Kier molecular flexibility index (Phi) is 4.25. The molecule has 0 amide bonds. The van der Waals surface area contributed by atoms with Gasteiger partial charge in [-0.05, 0) is 36.8 Å². The van der Waals surface area contributed by atoms with E-state index in [0.29, 0.717) is 10.5 Å². The summed E-state index contributed by atoms with van der Waals surface area (Å²) < 4.78 is 34.1. The van der Waals surface area contributed by atoms with Crippen LogP contribution in [0.25, 0.3) is 11.1 Å². The van der Waals surface area contributed by atoms with Gasteiger partial charge in [-0.25, -0.2) is 17.9 Å². The highest BCUT2D eigenvalue weighted by molar-refractivity contribution is 7.89. The summed E-state index contributed by atoms with van der Waals surface area (Å²) >= 11 is 5.94. The number of oxazole rings is 1. The van der Waals surface area contributed by atoms with Crippen molar-refractivity contribution in [2.45, 2.75) is 17.9 Å². The van der Waals surface area contributed by atoms with Crippen LogP contribution in [0.1, 0.15) is 18.5 Å². The molecule has 1 heterocycles. The number of halogens is 1. The Morgan fingerprint density at radius 1 is 1.21 bits per heavy atom. The highest BCUT2D eigenvalue weighted by Gasteiger charge is 2.20. The molecule has 0 fully saturated rings. The molecule has 8 heteroatoms. The summed E-state index contributed by atoms with van der Waals surface area (Å²) in [7, 11) is -2.22. The van der Waals surface area contributed by atoms with Gasteiger partial charge in [0.25, 0.3) is 0 Å². The SMILES string of the molecule is CC(NS(=O)(=O)c1ccc2c(c1)oc(=O)n2C)c1cccc(Cl)c1. The van der Waals surface area contributed by atoms with Crippen LogP contribution in [0.5, 0.6) is 0 Å². The number of benzene rings is 2. The molecule has 0 aliphatic rings. The first-order chi connectivity index (χ1) is 11.3. The fourth-order valence-corrected chi connectivity index (χ4v) is 3.87. The Morgan fingerprint density at radius 3 is 2.67 bits per heavy atom. The molecular weight excluding hydrogens is 352 g/mol. The lowest BCUT2D eigenvalue weighted by atomic mass is 10.1. The van der Waals surface area contributed by atoms with Crippen molar-refractivity contribution in [1.29, 1.82) is 0 Å². The third kappa shape index (κ3) is 3.10. The first-order valence-electron chi connectivity index (χ1n) is 7.15. The van der Waals surface area contributed by atoms with E-state index >= 15 is 0 Å². The summed E-state index contributed by atoms with van der Waals surface area (Å²) in [4.78, 5) is 11.5. The molecule has 1 aromatic heterocycles. The minimum Gasteiger partial charge on any atom is -0.408 e. The molecule has 1 unspecified atom stereocenters. The van der Waals surface area contributed by atoms with Crippen LogP contribution >= 0.6 is 11.6 Å². The zero-order chi connectivity index (χ0) is 17.5. The van der Waals surface area contributed by atoms with E-state index in [1.54, 1.807) is 44.3 Å². The lowest BCUT2D eigenvalue weighted by molar-refractivity contribution is 0.527. The molecule has 126 valence electrons. The van der Waals surface area contributed by atoms with Crippen molar-refractivity contribution in [1.82, 2.24) is 9.29 Å². The van der Waals surface area contributed by atoms with Crippen LogP contribution in [0.2, 0.25) is 5.02 Å². The summed E-state index contributed by atoms with van der Waals surface area (Å²) in [5.74, 6) is -0.542. The van der Waals surface area contributed by atoms with Crippen molar-refractivity contribution in [3.8, 4) is 0 Å². The highest BCUT2D eigenvalue weighted by Crippen LogP contribution is 2.22. The third-order valence-corrected chi connectivity index (χ3v) is 5.53. The van der Waals surface area contributed by atoms with Crippen molar-refractivity contribution in [2.24, 2.45) is 7.05 Å². The predicted octanol–water partition coefficient (Wildman–Crippen LogP) is 2.82. The number of nitrogens with one attached hydrogen (secondary N) is 1. The molecule has 24 heavy (non-hydrogen) atoms. The molecule has 0 saturated heterocycles. The number of aryl methyl sites for hydroxylation is 1. The Hall–Kier alpha value is -2.09. The van der Waals surface area contributed by atoms with Crippen molar-refractivity contribution in [3.05, 3.63) is 63.6 Å². The molecular formula is C16H15ClN2O4S. The van der Waals surface area contributed by atoms with Crippen LogP contribution in [0, 0.1) is 0 Å². The first-order valence-corrected chi connectivity index (χ1v) is 9.01. The second-order valence-electron chi connectivity index (χ2n) is 5.45. The fraction of sp³-hybridized carbons (Fsp3) is 0.188. The molecule has 0 aliphatic carbocycles. The van der Waals surface area contributed by atoms with Crippen molar-refractivity contribution in [2.75, 3.05) is 0 Å². The minimum absolute atomic E-state index is 0.0261. The Labute approximate surface area is 143 Å². The summed E-state index contributed by atoms with van der Waals surface area (Å²) in [6, 6.07) is 10.8. The van der Waals surface area contributed by atoms with Gasteiger partial charge in [0.05, 0.1) is 10.4 Å². The third-order valence-electron chi connectivity index (χ3n) is 3.75. The smallest absolute Gasteiger partial charge is 0.408 e. The maximum atomic E-state index is 12.6. The van der Waals surface area contributed by atoms with Crippen molar-refractivity contribution < 1.29 is 12.8 Å². The molecule has 0 aliphatic heterocycles. The van der Waals surface area contributed by atoms with Crippen LogP contribution in [0.3, 0.4) is 0 Å². The van der Waals surface area contributed by atoms with Crippen molar-refractivity contribution in [3.63, 3.8) is 0 Å². The number of rotatable bonds is 4. The van der Waals surface area contributed by atoms with Crippen LogP contribution in [0.4, 0.5) is 0 Å². The Bertz CT molecular complexity index is 1070. The normalized spacial score (nSPS) is 13.3. The molecule has 6 nitrogen and oxygen atoms in total.